The number of nitrogens with two attached hydrogens (primary N) is 1. The van der Waals surface area contributed by atoms with E-state index in [9.17, 15) is 4.79 Å². The third-order valence-electron chi connectivity index (χ3n) is 4.53. The fourth-order valence-corrected chi connectivity index (χ4v) is 4.01. The number of hydrogen-bond donors (Lipinski definition) is 2. The number of benzene rings is 2. The van der Waals surface area contributed by atoms with Crippen LogP contribution in [0.5, 0.6) is 5.75 Å². The second-order valence-corrected chi connectivity index (χ2v) is 7.45. The Kier molecular flexibility index (Phi) is 5.99. The van der Waals surface area contributed by atoms with Gasteiger partial charge >= 0.3 is 0 Å². The van der Waals surface area contributed by atoms with Gasteiger partial charge in [-0.2, -0.15) is 15.0 Å². The molecule has 0 atom stereocenters. The molecule has 0 saturated heterocycles. The maximum absolute atomic E-state index is 12.8. The van der Waals surface area contributed by atoms with Crippen LogP contribution in [-0.2, 0) is 12.3 Å². The van der Waals surface area contributed by atoms with Crippen molar-refractivity contribution in [1.29, 1.82) is 0 Å². The summed E-state index contributed by atoms with van der Waals surface area (Å²) in [5.41, 5.74) is 7.20. The lowest BCUT2D eigenvalue weighted by Crippen LogP contribution is -2.22. The first-order chi connectivity index (χ1) is 15.1. The highest BCUT2D eigenvalue weighted by Crippen LogP contribution is 2.26. The zero-order valence-corrected chi connectivity index (χ0v) is 17.9. The van der Waals surface area contributed by atoms with E-state index in [-0.39, 0.29) is 11.5 Å². The number of methoxy groups -OCH3 is 1. The van der Waals surface area contributed by atoms with Gasteiger partial charge in [-0.15, -0.1) is 0 Å². The summed E-state index contributed by atoms with van der Waals surface area (Å²) in [5, 5.41) is 4.31. The van der Waals surface area contributed by atoms with Gasteiger partial charge in [0.15, 0.2) is 5.16 Å². The second-order valence-electron chi connectivity index (χ2n) is 6.51. The molecule has 0 radical (unpaired) electrons. The summed E-state index contributed by atoms with van der Waals surface area (Å²) in [7, 11) is 1.59. The summed E-state index contributed by atoms with van der Waals surface area (Å²) in [6.07, 6.45) is 0. The van der Waals surface area contributed by atoms with E-state index >= 15 is 0 Å². The quantitative estimate of drug-likeness (QED) is 0.333. The molecule has 158 valence electrons. The number of ether oxygens (including phenoxy) is 1. The van der Waals surface area contributed by atoms with Crippen LogP contribution in [0.1, 0.15) is 12.7 Å². The minimum absolute atomic E-state index is 0.0655. The zero-order valence-electron chi connectivity index (χ0n) is 17.1. The van der Waals surface area contributed by atoms with E-state index in [1.807, 2.05) is 49.4 Å². The van der Waals surface area contributed by atoms with Crippen molar-refractivity contribution in [2.24, 2.45) is 0 Å². The van der Waals surface area contributed by atoms with Crippen LogP contribution in [0.25, 0.3) is 10.9 Å². The van der Waals surface area contributed by atoms with Crippen molar-refractivity contribution in [2.75, 3.05) is 18.2 Å². The molecule has 31 heavy (non-hydrogen) atoms. The molecule has 0 saturated carbocycles. The molecule has 4 rings (SSSR count). The Hall–Kier alpha value is -3.66. The standard InChI is InChI=1S/C21H21N7O2S/c1-3-28-18(29)13-8-4-5-9-14(13)24-21(28)31-12-17-25-19(22)27-20(26-17)23-15-10-6-7-11-16(15)30-2/h4-11H,3,12H2,1-2H3,(H3,22,23,25,26,27). The van der Waals surface area contributed by atoms with Crippen LogP contribution in [0.3, 0.4) is 0 Å². The molecule has 2 aromatic carbocycles. The van der Waals surface area contributed by atoms with Gasteiger partial charge in [0.1, 0.15) is 11.6 Å². The minimum atomic E-state index is -0.0655. The lowest BCUT2D eigenvalue weighted by molar-refractivity contribution is 0.417. The Morgan fingerprint density at radius 2 is 1.84 bits per heavy atom. The maximum atomic E-state index is 12.8. The van der Waals surface area contributed by atoms with Gasteiger partial charge in [0, 0.05) is 6.54 Å². The second kappa shape index (κ2) is 9.00. The summed E-state index contributed by atoms with van der Waals surface area (Å²) in [5.74, 6) is 1.91. The van der Waals surface area contributed by atoms with Gasteiger partial charge in [-0.05, 0) is 31.2 Å². The number of nitrogens with one attached hydrogen (secondary N) is 1. The molecule has 9 nitrogen and oxygen atoms in total. The van der Waals surface area contributed by atoms with Crippen molar-refractivity contribution in [3.8, 4) is 5.75 Å². The predicted molar refractivity (Wildman–Crippen MR) is 122 cm³/mol. The van der Waals surface area contributed by atoms with Crippen molar-refractivity contribution in [2.45, 2.75) is 24.4 Å². The van der Waals surface area contributed by atoms with E-state index in [1.54, 1.807) is 17.7 Å². The van der Waals surface area contributed by atoms with Crippen LogP contribution in [0.15, 0.2) is 58.5 Å². The van der Waals surface area contributed by atoms with Gasteiger partial charge in [0.2, 0.25) is 11.9 Å². The monoisotopic (exact) mass is 435 g/mol. The van der Waals surface area contributed by atoms with E-state index in [0.29, 0.717) is 51.6 Å². The number of rotatable bonds is 7. The molecular weight excluding hydrogens is 414 g/mol. The third kappa shape index (κ3) is 4.43. The van der Waals surface area contributed by atoms with Crippen molar-refractivity contribution < 1.29 is 4.74 Å². The Bertz CT molecular complexity index is 1290. The van der Waals surface area contributed by atoms with E-state index in [4.69, 9.17) is 10.5 Å². The summed E-state index contributed by atoms with van der Waals surface area (Å²) in [4.78, 5) is 30.3. The molecule has 0 spiro atoms. The van der Waals surface area contributed by atoms with E-state index in [1.165, 1.54) is 11.8 Å². The van der Waals surface area contributed by atoms with Gasteiger partial charge < -0.3 is 15.8 Å². The summed E-state index contributed by atoms with van der Waals surface area (Å²) in [6, 6.07) is 14.7. The number of anilines is 3. The largest absolute Gasteiger partial charge is 0.495 e. The maximum Gasteiger partial charge on any atom is 0.262 e. The molecule has 0 fully saturated rings. The lowest BCUT2D eigenvalue weighted by atomic mass is 10.2. The zero-order chi connectivity index (χ0) is 21.8. The first-order valence-electron chi connectivity index (χ1n) is 9.62. The molecule has 0 aliphatic carbocycles. The van der Waals surface area contributed by atoms with Gasteiger partial charge in [0.05, 0.1) is 29.5 Å². The summed E-state index contributed by atoms with van der Waals surface area (Å²) in [6.45, 7) is 2.43. The molecule has 10 heteroatoms. The Morgan fingerprint density at radius 3 is 2.65 bits per heavy atom. The number of hydrogen-bond acceptors (Lipinski definition) is 9. The van der Waals surface area contributed by atoms with Crippen molar-refractivity contribution in [1.82, 2.24) is 24.5 Å². The van der Waals surface area contributed by atoms with E-state index < -0.39 is 0 Å². The number of nitrogens with zero attached hydrogens (tertiary/aromatic N) is 5. The fraction of sp³-hybridized carbons (Fsp3) is 0.190. The molecule has 0 bridgehead atoms. The molecule has 2 heterocycles. The molecule has 4 aromatic rings. The number of para-hydroxylation sites is 3. The Balaban J connectivity index is 1.60. The highest BCUT2D eigenvalue weighted by molar-refractivity contribution is 7.98. The van der Waals surface area contributed by atoms with Gasteiger partial charge in [-0.3, -0.25) is 9.36 Å². The third-order valence-corrected chi connectivity index (χ3v) is 5.50. The van der Waals surface area contributed by atoms with Crippen LogP contribution >= 0.6 is 11.8 Å². The van der Waals surface area contributed by atoms with Crippen molar-refractivity contribution in [3.63, 3.8) is 0 Å². The Morgan fingerprint density at radius 1 is 1.06 bits per heavy atom. The molecule has 2 aromatic heterocycles. The highest BCUT2D eigenvalue weighted by atomic mass is 32.2. The van der Waals surface area contributed by atoms with Crippen molar-refractivity contribution >= 4 is 40.2 Å². The van der Waals surface area contributed by atoms with Crippen molar-refractivity contribution in [3.05, 3.63) is 64.7 Å². The van der Waals surface area contributed by atoms with Gasteiger partial charge in [-0.1, -0.05) is 36.0 Å². The average Bonchev–Trinajstić information content (AvgIpc) is 2.78. The lowest BCUT2D eigenvalue weighted by Gasteiger charge is -2.12. The SMILES string of the molecule is CCn1c(SCc2nc(N)nc(Nc3ccccc3OC)n2)nc2ccccc2c1=O. The number of thioether (sulfide) groups is 1. The summed E-state index contributed by atoms with van der Waals surface area (Å²) >= 11 is 1.38. The molecule has 0 unspecified atom stereocenters. The van der Waals surface area contributed by atoms with Gasteiger partial charge in [-0.25, -0.2) is 4.98 Å². The number of aromatic nitrogens is 5. The van der Waals surface area contributed by atoms with Crippen LogP contribution in [0, 0.1) is 0 Å². The fourth-order valence-electron chi connectivity index (χ4n) is 3.09. The van der Waals surface area contributed by atoms with E-state index in [2.05, 4.69) is 25.3 Å². The molecule has 0 aliphatic rings. The first kappa shape index (κ1) is 20.6. The molecule has 3 N–H and O–H groups in total. The number of fused-ring (bicyclic) bond motifs is 1. The predicted octanol–water partition coefficient (Wildman–Crippen LogP) is 3.23. The average molecular weight is 436 g/mol. The highest BCUT2D eigenvalue weighted by Gasteiger charge is 2.13. The molecule has 0 amide bonds. The first-order valence-corrected chi connectivity index (χ1v) is 10.6. The Labute approximate surface area is 182 Å². The van der Waals surface area contributed by atoms with Crippen LogP contribution in [0.4, 0.5) is 17.6 Å². The normalized spacial score (nSPS) is 10.9. The van der Waals surface area contributed by atoms with Crippen LogP contribution in [0.2, 0.25) is 0 Å². The van der Waals surface area contributed by atoms with Crippen LogP contribution < -0.4 is 21.3 Å². The van der Waals surface area contributed by atoms with Gasteiger partial charge in [0.25, 0.3) is 5.56 Å². The van der Waals surface area contributed by atoms with E-state index in [0.717, 1.165) is 0 Å². The topological polar surface area (TPSA) is 121 Å². The summed E-state index contributed by atoms with van der Waals surface area (Å²) < 4.78 is 6.99. The molecular formula is C21H21N7O2S. The number of nitrogen functional groups attached to an aromatic ring is 1. The smallest absolute Gasteiger partial charge is 0.262 e. The minimum Gasteiger partial charge on any atom is -0.495 e. The molecule has 0 aliphatic heterocycles. The van der Waals surface area contributed by atoms with Crippen LogP contribution in [-0.4, -0.2) is 31.6 Å².